The van der Waals surface area contributed by atoms with Crippen LogP contribution < -0.4 is 11.1 Å². The molecule has 0 radical (unpaired) electrons. The van der Waals surface area contributed by atoms with Gasteiger partial charge in [0.2, 0.25) is 5.91 Å². The highest BCUT2D eigenvalue weighted by atomic mass is 19.1. The Hall–Kier alpha value is -1.62. The monoisotopic (exact) mass is 223 g/mol. The van der Waals surface area contributed by atoms with Crippen molar-refractivity contribution >= 4 is 11.6 Å². The Morgan fingerprint density at radius 1 is 1.44 bits per heavy atom. The van der Waals surface area contributed by atoms with E-state index in [0.717, 1.165) is 12.1 Å². The van der Waals surface area contributed by atoms with Gasteiger partial charge in [-0.1, -0.05) is 0 Å². The summed E-state index contributed by atoms with van der Waals surface area (Å²) in [6, 6.07) is 4.46. The van der Waals surface area contributed by atoms with Crippen LogP contribution in [0.2, 0.25) is 0 Å². The smallest absolute Gasteiger partial charge is 0.234 e. The summed E-state index contributed by atoms with van der Waals surface area (Å²) < 4.78 is 13.1. The summed E-state index contributed by atoms with van der Waals surface area (Å²) in [7, 11) is 0. The van der Waals surface area contributed by atoms with Crippen LogP contribution in [0.4, 0.5) is 10.1 Å². The van der Waals surface area contributed by atoms with Crippen molar-refractivity contribution < 1.29 is 9.18 Å². The first-order valence-electron chi connectivity index (χ1n) is 5.17. The van der Waals surface area contributed by atoms with Crippen LogP contribution in [-0.2, 0) is 11.3 Å². The van der Waals surface area contributed by atoms with E-state index in [2.05, 4.69) is 5.32 Å². The second kappa shape index (κ2) is 4.49. The highest BCUT2D eigenvalue weighted by Crippen LogP contribution is 2.13. The molecule has 0 aromatic heterocycles. The molecule has 1 fully saturated rings. The summed E-state index contributed by atoms with van der Waals surface area (Å²) in [6.07, 6.45) is 0. The zero-order valence-corrected chi connectivity index (χ0v) is 8.87. The van der Waals surface area contributed by atoms with Gasteiger partial charge in [0.1, 0.15) is 5.82 Å². The van der Waals surface area contributed by atoms with Crippen molar-refractivity contribution in [1.82, 2.24) is 10.2 Å². The molecule has 0 aliphatic carbocycles. The standard InChI is InChI=1S/C11H14FN3O/c12-9-3-8(4-10(13)5-9)6-15-2-1-14-11(16)7-15/h3-5H,1-2,6-7,13H2,(H,14,16). The van der Waals surface area contributed by atoms with Crippen LogP contribution in [0.1, 0.15) is 5.56 Å². The molecule has 86 valence electrons. The van der Waals surface area contributed by atoms with E-state index in [4.69, 9.17) is 5.73 Å². The van der Waals surface area contributed by atoms with Gasteiger partial charge in [-0.25, -0.2) is 4.39 Å². The summed E-state index contributed by atoms with van der Waals surface area (Å²) in [6.45, 7) is 2.33. The minimum absolute atomic E-state index is 0.00984. The Labute approximate surface area is 93.2 Å². The van der Waals surface area contributed by atoms with Crippen LogP contribution in [0.5, 0.6) is 0 Å². The predicted octanol–water partition coefficient (Wildman–Crippen LogP) is 0.340. The number of carbonyl (C=O) groups excluding carboxylic acids is 1. The largest absolute Gasteiger partial charge is 0.399 e. The second-order valence-electron chi connectivity index (χ2n) is 3.95. The molecule has 1 heterocycles. The molecule has 0 spiro atoms. The number of piperazine rings is 1. The quantitative estimate of drug-likeness (QED) is 0.711. The van der Waals surface area contributed by atoms with Gasteiger partial charge in [0.05, 0.1) is 6.54 Å². The molecule has 1 saturated heterocycles. The Kier molecular flexibility index (Phi) is 3.05. The van der Waals surface area contributed by atoms with Gasteiger partial charge in [-0.15, -0.1) is 0 Å². The number of hydrogen-bond donors (Lipinski definition) is 2. The summed E-state index contributed by atoms with van der Waals surface area (Å²) in [5, 5.41) is 2.74. The van der Waals surface area contributed by atoms with Crippen molar-refractivity contribution in [3.63, 3.8) is 0 Å². The topological polar surface area (TPSA) is 58.4 Å². The van der Waals surface area contributed by atoms with Crippen molar-refractivity contribution in [3.8, 4) is 0 Å². The number of carbonyl (C=O) groups is 1. The zero-order valence-electron chi connectivity index (χ0n) is 8.87. The Morgan fingerprint density at radius 2 is 2.25 bits per heavy atom. The van der Waals surface area contributed by atoms with E-state index in [0.29, 0.717) is 25.3 Å². The van der Waals surface area contributed by atoms with Gasteiger partial charge in [-0.3, -0.25) is 9.69 Å². The fourth-order valence-corrected chi connectivity index (χ4v) is 1.85. The summed E-state index contributed by atoms with van der Waals surface area (Å²) >= 11 is 0. The lowest BCUT2D eigenvalue weighted by Crippen LogP contribution is -2.47. The lowest BCUT2D eigenvalue weighted by atomic mass is 10.1. The van der Waals surface area contributed by atoms with Crippen LogP contribution in [-0.4, -0.2) is 30.4 Å². The van der Waals surface area contributed by atoms with E-state index < -0.39 is 0 Å². The number of nitrogens with two attached hydrogens (primary N) is 1. The first-order chi connectivity index (χ1) is 7.63. The second-order valence-corrected chi connectivity index (χ2v) is 3.95. The third kappa shape index (κ3) is 2.70. The summed E-state index contributed by atoms with van der Waals surface area (Å²) in [5.41, 5.74) is 6.77. The van der Waals surface area contributed by atoms with E-state index in [1.807, 2.05) is 4.90 Å². The number of hydrogen-bond acceptors (Lipinski definition) is 3. The van der Waals surface area contributed by atoms with E-state index in [1.54, 1.807) is 6.07 Å². The van der Waals surface area contributed by atoms with Crippen LogP contribution in [0.3, 0.4) is 0 Å². The first kappa shape index (κ1) is 10.9. The molecule has 0 bridgehead atoms. The maximum Gasteiger partial charge on any atom is 0.234 e. The Bertz CT molecular complexity index is 388. The van der Waals surface area contributed by atoms with E-state index in [1.165, 1.54) is 12.1 Å². The third-order valence-electron chi connectivity index (χ3n) is 2.50. The Morgan fingerprint density at radius 3 is 2.94 bits per heavy atom. The van der Waals surface area contributed by atoms with Gasteiger partial charge in [-0.2, -0.15) is 0 Å². The molecule has 5 heteroatoms. The number of benzene rings is 1. The molecule has 1 aromatic carbocycles. The number of nitrogens with one attached hydrogen (secondary N) is 1. The number of anilines is 1. The molecule has 1 aromatic rings. The van der Waals surface area contributed by atoms with Crippen LogP contribution in [0.15, 0.2) is 18.2 Å². The fraction of sp³-hybridized carbons (Fsp3) is 0.364. The average Bonchev–Trinajstić information content (AvgIpc) is 2.15. The van der Waals surface area contributed by atoms with Gasteiger partial charge in [-0.05, 0) is 23.8 Å². The minimum atomic E-state index is -0.337. The number of rotatable bonds is 2. The maximum absolute atomic E-state index is 13.1. The van der Waals surface area contributed by atoms with Gasteiger partial charge in [0.25, 0.3) is 0 Å². The average molecular weight is 223 g/mol. The van der Waals surface area contributed by atoms with Gasteiger partial charge >= 0.3 is 0 Å². The number of halogens is 1. The van der Waals surface area contributed by atoms with E-state index in [9.17, 15) is 9.18 Å². The molecule has 2 rings (SSSR count). The van der Waals surface area contributed by atoms with Crippen molar-refractivity contribution in [2.75, 3.05) is 25.4 Å². The summed E-state index contributed by atoms with van der Waals surface area (Å²) in [4.78, 5) is 13.1. The Balaban J connectivity index is 2.05. The van der Waals surface area contributed by atoms with Crippen molar-refractivity contribution in [2.45, 2.75) is 6.54 Å². The molecule has 1 aliphatic heterocycles. The molecule has 0 unspecified atom stereocenters. The van der Waals surface area contributed by atoms with E-state index >= 15 is 0 Å². The summed E-state index contributed by atoms with van der Waals surface area (Å²) in [5.74, 6) is -0.327. The number of nitrogen functional groups attached to an aromatic ring is 1. The molecule has 0 saturated carbocycles. The normalized spacial score (nSPS) is 17.2. The molecule has 0 atom stereocenters. The predicted molar refractivity (Wildman–Crippen MR) is 59.1 cm³/mol. The molecule has 16 heavy (non-hydrogen) atoms. The number of amides is 1. The molecular weight excluding hydrogens is 209 g/mol. The molecule has 3 N–H and O–H groups in total. The van der Waals surface area contributed by atoms with Crippen LogP contribution in [0.25, 0.3) is 0 Å². The van der Waals surface area contributed by atoms with Gasteiger partial charge < -0.3 is 11.1 Å². The SMILES string of the molecule is Nc1cc(F)cc(CN2CCNC(=O)C2)c1. The van der Waals surface area contributed by atoms with Gasteiger partial charge in [0, 0.05) is 25.3 Å². The molecule has 4 nitrogen and oxygen atoms in total. The molecule has 1 aliphatic rings. The lowest BCUT2D eigenvalue weighted by Gasteiger charge is -2.26. The first-order valence-corrected chi connectivity index (χ1v) is 5.17. The number of nitrogens with zero attached hydrogens (tertiary/aromatic N) is 1. The lowest BCUT2D eigenvalue weighted by molar-refractivity contribution is -0.124. The highest BCUT2D eigenvalue weighted by Gasteiger charge is 2.16. The van der Waals surface area contributed by atoms with Crippen LogP contribution in [0, 0.1) is 5.82 Å². The third-order valence-corrected chi connectivity index (χ3v) is 2.50. The molecule has 1 amide bonds. The molecular formula is C11H14FN3O. The van der Waals surface area contributed by atoms with Crippen molar-refractivity contribution in [1.29, 1.82) is 0 Å². The highest BCUT2D eigenvalue weighted by molar-refractivity contribution is 5.78. The fourth-order valence-electron chi connectivity index (χ4n) is 1.85. The minimum Gasteiger partial charge on any atom is -0.399 e. The van der Waals surface area contributed by atoms with Crippen LogP contribution >= 0.6 is 0 Å². The van der Waals surface area contributed by atoms with Crippen molar-refractivity contribution in [2.24, 2.45) is 0 Å². The van der Waals surface area contributed by atoms with Gasteiger partial charge in [0.15, 0.2) is 0 Å². The maximum atomic E-state index is 13.1. The zero-order chi connectivity index (χ0) is 11.5. The van der Waals surface area contributed by atoms with E-state index in [-0.39, 0.29) is 11.7 Å². The van der Waals surface area contributed by atoms with Crippen molar-refractivity contribution in [3.05, 3.63) is 29.6 Å².